The Balaban J connectivity index is 0.00000144. The Bertz CT molecular complexity index is 761. The predicted molar refractivity (Wildman–Crippen MR) is 81.2 cm³/mol. The maximum absolute atomic E-state index is 12.3. The number of allylic oxidation sites excluding steroid dienone is 4. The summed E-state index contributed by atoms with van der Waals surface area (Å²) in [6, 6.07) is 6.77. The van der Waals surface area contributed by atoms with Crippen LogP contribution in [0.5, 0.6) is 0 Å². The van der Waals surface area contributed by atoms with E-state index in [1.165, 1.54) is 0 Å². The molecule has 22 heavy (non-hydrogen) atoms. The molecule has 0 aliphatic heterocycles. The van der Waals surface area contributed by atoms with E-state index in [4.69, 9.17) is 0 Å². The minimum absolute atomic E-state index is 0. The third-order valence-electron chi connectivity index (χ3n) is 4.52. The molecule has 0 saturated heterocycles. The van der Waals surface area contributed by atoms with Gasteiger partial charge in [0.1, 0.15) is 0 Å². The van der Waals surface area contributed by atoms with E-state index in [0.29, 0.717) is 17.8 Å². The number of hydrogen-bond donors (Lipinski definition) is 1. The van der Waals surface area contributed by atoms with Gasteiger partial charge in [0.15, 0.2) is 0 Å². The minimum Gasteiger partial charge on any atom is -0.200 e. The van der Waals surface area contributed by atoms with Gasteiger partial charge in [-0.3, -0.25) is 0 Å². The van der Waals surface area contributed by atoms with Crippen molar-refractivity contribution in [3.05, 3.63) is 54.1 Å². The van der Waals surface area contributed by atoms with Crippen LogP contribution < -0.4 is 34.4 Å². The first-order valence-corrected chi connectivity index (χ1v) is 8.57. The number of benzene rings is 1. The fourth-order valence-corrected chi connectivity index (χ4v) is 4.09. The van der Waals surface area contributed by atoms with Crippen molar-refractivity contribution in [2.75, 3.05) is 0 Å². The van der Waals surface area contributed by atoms with Crippen LogP contribution in [0.2, 0.25) is 0 Å². The average Bonchev–Trinajstić information content (AvgIpc) is 3.22. The molecular weight excluding hydrogens is 307 g/mol. The molecule has 0 radical (unpaired) electrons. The number of fused-ring (bicyclic) bond motifs is 2. The topological polar surface area (TPSA) is 58.5 Å². The number of sulfonamides is 1. The number of nitrogens with zero attached hydrogens (tertiary/aromatic N) is 1. The van der Waals surface area contributed by atoms with Crippen molar-refractivity contribution in [3.63, 3.8) is 0 Å². The Kier molecular flexibility index (Phi) is 4.10. The van der Waals surface area contributed by atoms with E-state index in [1.807, 2.05) is 6.92 Å². The van der Waals surface area contributed by atoms with Crippen molar-refractivity contribution in [2.45, 2.75) is 11.8 Å². The summed E-state index contributed by atoms with van der Waals surface area (Å²) < 4.78 is 24.5. The van der Waals surface area contributed by atoms with E-state index in [0.717, 1.165) is 11.3 Å². The quantitative estimate of drug-likeness (QED) is 0.452. The molecule has 0 amide bonds. The standard InChI is InChI=1S/C16H16N2O2S.Na/c1-10-2-6-12(7-3-10)21(19,20)18-17-16-11-4-8-13-14(9-5-11)15(13)16;/h2-9,11,13-15,18H,1H3;/q;+1/b17-16+;. The molecule has 2 unspecified atom stereocenters. The zero-order valence-electron chi connectivity index (χ0n) is 12.6. The zero-order chi connectivity index (χ0) is 14.6. The first-order chi connectivity index (χ1) is 10.1. The Morgan fingerprint density at radius 2 is 1.59 bits per heavy atom. The van der Waals surface area contributed by atoms with E-state index in [2.05, 4.69) is 34.2 Å². The van der Waals surface area contributed by atoms with E-state index in [1.54, 1.807) is 24.3 Å². The first kappa shape index (κ1) is 16.0. The van der Waals surface area contributed by atoms with Crippen molar-refractivity contribution < 1.29 is 38.0 Å². The summed E-state index contributed by atoms with van der Waals surface area (Å²) in [5, 5.41) is 4.24. The summed E-state index contributed by atoms with van der Waals surface area (Å²) in [4.78, 5) is 2.65. The second kappa shape index (κ2) is 5.64. The summed E-state index contributed by atoms with van der Waals surface area (Å²) in [6.07, 6.45) is 8.69. The van der Waals surface area contributed by atoms with Crippen LogP contribution in [0.3, 0.4) is 0 Å². The van der Waals surface area contributed by atoms with Crippen molar-refractivity contribution >= 4 is 15.7 Å². The molecule has 108 valence electrons. The van der Waals surface area contributed by atoms with Crippen LogP contribution in [0.25, 0.3) is 0 Å². The molecular formula is C16H16N2NaO2S+. The second-order valence-electron chi connectivity index (χ2n) is 5.92. The monoisotopic (exact) mass is 323 g/mol. The molecule has 1 fully saturated rings. The predicted octanol–water partition coefficient (Wildman–Crippen LogP) is -0.749. The Hall–Kier alpha value is -0.880. The van der Waals surface area contributed by atoms with Gasteiger partial charge in [-0.25, -0.2) is 4.83 Å². The first-order valence-electron chi connectivity index (χ1n) is 7.09. The van der Waals surface area contributed by atoms with Crippen molar-refractivity contribution in [3.8, 4) is 0 Å². The molecule has 1 N–H and O–H groups in total. The molecule has 4 rings (SSSR count). The van der Waals surface area contributed by atoms with Crippen LogP contribution in [0.1, 0.15) is 5.56 Å². The number of rotatable bonds is 3. The third-order valence-corrected chi connectivity index (χ3v) is 5.75. The van der Waals surface area contributed by atoms with Gasteiger partial charge in [0.05, 0.1) is 10.6 Å². The SMILES string of the molecule is Cc1ccc(S(=O)(=O)N/N=C2\C3C=CC4C(C=C3)C24)cc1.[Na+]. The van der Waals surface area contributed by atoms with Crippen LogP contribution in [-0.2, 0) is 10.0 Å². The van der Waals surface area contributed by atoms with Gasteiger partial charge in [0.25, 0.3) is 10.0 Å². The fraction of sp³-hybridized carbons (Fsp3) is 0.312. The molecule has 3 aliphatic rings. The van der Waals surface area contributed by atoms with Gasteiger partial charge in [-0.1, -0.05) is 42.0 Å². The van der Waals surface area contributed by atoms with Crippen molar-refractivity contribution in [1.82, 2.24) is 4.83 Å². The minimum atomic E-state index is -3.58. The molecule has 6 heteroatoms. The summed E-state index contributed by atoms with van der Waals surface area (Å²) in [5.74, 6) is 1.57. The Morgan fingerprint density at radius 1 is 1.00 bits per heavy atom. The summed E-state index contributed by atoms with van der Waals surface area (Å²) in [5.41, 5.74) is 1.98. The summed E-state index contributed by atoms with van der Waals surface area (Å²) >= 11 is 0. The van der Waals surface area contributed by atoms with Crippen LogP contribution in [0.4, 0.5) is 0 Å². The summed E-state index contributed by atoms with van der Waals surface area (Å²) in [6.45, 7) is 1.93. The largest absolute Gasteiger partial charge is 1.00 e. The normalized spacial score (nSPS) is 32.5. The van der Waals surface area contributed by atoms with Crippen LogP contribution >= 0.6 is 0 Å². The Labute approximate surface area is 152 Å². The van der Waals surface area contributed by atoms with E-state index in [-0.39, 0.29) is 40.4 Å². The van der Waals surface area contributed by atoms with Gasteiger partial charge in [0, 0.05) is 11.8 Å². The average molecular weight is 323 g/mol. The van der Waals surface area contributed by atoms with E-state index in [9.17, 15) is 8.42 Å². The molecule has 1 aromatic rings. The molecule has 4 nitrogen and oxygen atoms in total. The van der Waals surface area contributed by atoms with E-state index >= 15 is 0 Å². The van der Waals surface area contributed by atoms with Crippen LogP contribution in [-0.4, -0.2) is 14.1 Å². The van der Waals surface area contributed by atoms with Gasteiger partial charge in [0.2, 0.25) is 0 Å². The van der Waals surface area contributed by atoms with Gasteiger partial charge in [-0.15, -0.1) is 0 Å². The molecule has 2 atom stereocenters. The van der Waals surface area contributed by atoms with Crippen molar-refractivity contribution in [2.24, 2.45) is 28.8 Å². The second-order valence-corrected chi connectivity index (χ2v) is 7.58. The third kappa shape index (κ3) is 2.60. The van der Waals surface area contributed by atoms with Crippen molar-refractivity contribution in [1.29, 1.82) is 0 Å². The molecule has 2 bridgehead atoms. The fourth-order valence-electron chi connectivity index (χ4n) is 3.26. The number of aryl methyl sites for hydroxylation is 1. The van der Waals surface area contributed by atoms with Crippen LogP contribution in [0, 0.1) is 30.6 Å². The maximum atomic E-state index is 12.3. The molecule has 3 aliphatic carbocycles. The Morgan fingerprint density at radius 3 is 2.18 bits per heavy atom. The van der Waals surface area contributed by atoms with Gasteiger partial charge < -0.3 is 0 Å². The van der Waals surface area contributed by atoms with Crippen LogP contribution in [0.15, 0.2) is 58.6 Å². The molecule has 1 aromatic carbocycles. The zero-order valence-corrected chi connectivity index (χ0v) is 15.4. The molecule has 0 heterocycles. The number of hydrazone groups is 1. The van der Waals surface area contributed by atoms with Gasteiger partial charge in [-0.2, -0.15) is 13.5 Å². The smallest absolute Gasteiger partial charge is 0.200 e. The number of nitrogens with one attached hydrogen (secondary N) is 1. The summed E-state index contributed by atoms with van der Waals surface area (Å²) in [7, 11) is -3.58. The van der Waals surface area contributed by atoms with E-state index < -0.39 is 10.0 Å². The van der Waals surface area contributed by atoms with Gasteiger partial charge in [-0.05, 0) is 30.9 Å². The maximum Gasteiger partial charge on any atom is 1.00 e. The van der Waals surface area contributed by atoms with Gasteiger partial charge >= 0.3 is 29.6 Å². The molecule has 0 aromatic heterocycles. The molecule has 0 spiro atoms. The molecule has 1 saturated carbocycles. The number of hydrogen-bond acceptors (Lipinski definition) is 3.